The van der Waals surface area contributed by atoms with Gasteiger partial charge in [-0.15, -0.1) is 0 Å². The number of nitrogens with zero attached hydrogens (tertiary/aromatic N) is 1. The molecule has 0 fully saturated rings. The molecule has 1 N–H and O–H groups in total. The van der Waals surface area contributed by atoms with E-state index in [-0.39, 0.29) is 6.10 Å². The Hall–Kier alpha value is -2.25. The summed E-state index contributed by atoms with van der Waals surface area (Å²) >= 11 is 6.18. The van der Waals surface area contributed by atoms with Crippen molar-refractivity contribution in [3.8, 4) is 5.75 Å². The van der Waals surface area contributed by atoms with E-state index in [9.17, 15) is 13.2 Å². The Balaban J connectivity index is 2.29. The molecule has 0 heterocycles. The summed E-state index contributed by atoms with van der Waals surface area (Å²) in [5.74, 6) is 0.268. The lowest BCUT2D eigenvalue weighted by atomic mass is 10.1. The maximum Gasteiger partial charge on any atom is 0.248 e. The van der Waals surface area contributed by atoms with Crippen molar-refractivity contribution >= 4 is 38.9 Å². The summed E-state index contributed by atoms with van der Waals surface area (Å²) in [7, 11) is -3.72. The van der Waals surface area contributed by atoms with Crippen molar-refractivity contribution in [2.45, 2.75) is 46.3 Å². The van der Waals surface area contributed by atoms with Crippen molar-refractivity contribution in [2.24, 2.45) is 0 Å². The van der Waals surface area contributed by atoms with Gasteiger partial charge in [0, 0.05) is 10.7 Å². The lowest BCUT2D eigenvalue weighted by Gasteiger charge is -2.30. The lowest BCUT2D eigenvalue weighted by Crippen LogP contribution is -2.47. The van der Waals surface area contributed by atoms with Gasteiger partial charge in [0.2, 0.25) is 15.9 Å². The molecule has 2 aromatic carbocycles. The first kappa shape index (κ1) is 23.0. The molecule has 0 unspecified atom stereocenters. The third-order valence-corrected chi connectivity index (χ3v) is 5.82. The number of aryl methyl sites for hydroxylation is 1. The number of anilines is 2. The normalized spacial score (nSPS) is 12.5. The Morgan fingerprint density at radius 2 is 1.79 bits per heavy atom. The molecule has 0 saturated carbocycles. The molecule has 0 aliphatic rings. The number of benzene rings is 2. The maximum absolute atomic E-state index is 12.9. The molecule has 1 atom stereocenters. The highest BCUT2D eigenvalue weighted by molar-refractivity contribution is 7.92. The Bertz CT molecular complexity index is 959. The van der Waals surface area contributed by atoms with Crippen molar-refractivity contribution < 1.29 is 17.9 Å². The fourth-order valence-electron chi connectivity index (χ4n) is 2.89. The average molecular weight is 439 g/mol. The molecule has 1 amide bonds. The van der Waals surface area contributed by atoms with Gasteiger partial charge in [-0.25, -0.2) is 8.42 Å². The Morgan fingerprint density at radius 3 is 2.28 bits per heavy atom. The molecule has 0 saturated heterocycles. The molecule has 29 heavy (non-hydrogen) atoms. The number of amides is 1. The summed E-state index contributed by atoms with van der Waals surface area (Å²) in [6, 6.07) is 11.0. The second-order valence-electron chi connectivity index (χ2n) is 7.10. The van der Waals surface area contributed by atoms with Gasteiger partial charge in [-0.05, 0) is 69.2 Å². The van der Waals surface area contributed by atoms with Crippen LogP contribution in [0.5, 0.6) is 5.75 Å². The van der Waals surface area contributed by atoms with Crippen LogP contribution in [-0.2, 0) is 14.8 Å². The van der Waals surface area contributed by atoms with Gasteiger partial charge in [0.05, 0.1) is 18.0 Å². The number of hydrogen-bond acceptors (Lipinski definition) is 4. The molecule has 0 spiro atoms. The van der Waals surface area contributed by atoms with Gasteiger partial charge in [0.15, 0.2) is 0 Å². The van der Waals surface area contributed by atoms with E-state index in [1.54, 1.807) is 49.4 Å². The average Bonchev–Trinajstić information content (AvgIpc) is 2.62. The van der Waals surface area contributed by atoms with Crippen molar-refractivity contribution in [1.82, 2.24) is 0 Å². The van der Waals surface area contributed by atoms with Gasteiger partial charge < -0.3 is 10.1 Å². The minimum Gasteiger partial charge on any atom is -0.491 e. The van der Waals surface area contributed by atoms with Crippen LogP contribution >= 0.6 is 11.6 Å². The number of nitrogens with one attached hydrogen (secondary N) is 1. The fraction of sp³-hybridized carbons (Fsp3) is 0.381. The minimum absolute atomic E-state index is 0.0459. The SMILES string of the molecule is CC[C@H](C(=O)Nc1ccc(OC(C)C)cc1)N(c1ccc(C)c(Cl)c1)S(C)(=O)=O. The molecule has 0 radical (unpaired) electrons. The first-order valence-corrected chi connectivity index (χ1v) is 11.6. The summed E-state index contributed by atoms with van der Waals surface area (Å²) in [6.07, 6.45) is 1.41. The van der Waals surface area contributed by atoms with Crippen LogP contribution < -0.4 is 14.4 Å². The first-order chi connectivity index (χ1) is 13.5. The molecule has 0 aliphatic heterocycles. The predicted octanol–water partition coefficient (Wildman–Crippen LogP) is 4.62. The third-order valence-electron chi connectivity index (χ3n) is 4.23. The fourth-order valence-corrected chi connectivity index (χ4v) is 4.27. The van der Waals surface area contributed by atoms with Gasteiger partial charge >= 0.3 is 0 Å². The van der Waals surface area contributed by atoms with E-state index in [2.05, 4.69) is 5.32 Å². The van der Waals surface area contributed by atoms with Gasteiger partial charge in [-0.3, -0.25) is 9.10 Å². The standard InChI is InChI=1S/C21H27ClN2O4S/c1-6-20(21(25)23-16-8-11-18(12-9-16)28-14(2)3)24(29(5,26)27)17-10-7-15(4)19(22)13-17/h7-14,20H,6H2,1-5H3,(H,23,25)/t20-/m1/s1. The van der Waals surface area contributed by atoms with Crippen LogP contribution in [0.15, 0.2) is 42.5 Å². The number of hydrogen-bond donors (Lipinski definition) is 1. The van der Waals surface area contributed by atoms with E-state index in [0.717, 1.165) is 16.1 Å². The zero-order valence-corrected chi connectivity index (χ0v) is 18.8. The molecule has 158 valence electrons. The quantitative estimate of drug-likeness (QED) is 0.652. The van der Waals surface area contributed by atoms with E-state index in [0.29, 0.717) is 28.6 Å². The molecule has 0 aromatic heterocycles. The second-order valence-corrected chi connectivity index (χ2v) is 9.36. The zero-order valence-electron chi connectivity index (χ0n) is 17.3. The van der Waals surface area contributed by atoms with Crippen LogP contribution in [0.1, 0.15) is 32.8 Å². The largest absolute Gasteiger partial charge is 0.491 e. The number of carbonyl (C=O) groups is 1. The highest BCUT2D eigenvalue weighted by Crippen LogP contribution is 2.28. The molecule has 2 rings (SSSR count). The van der Waals surface area contributed by atoms with Crippen LogP contribution in [0.4, 0.5) is 11.4 Å². The minimum atomic E-state index is -3.72. The number of ether oxygens (including phenoxy) is 1. The molecule has 6 nitrogen and oxygen atoms in total. The topological polar surface area (TPSA) is 75.7 Å². The molecule has 0 aliphatic carbocycles. The van der Waals surface area contributed by atoms with E-state index in [1.165, 1.54) is 0 Å². The summed E-state index contributed by atoms with van der Waals surface area (Å²) in [4.78, 5) is 12.9. The van der Waals surface area contributed by atoms with Crippen LogP contribution in [0.2, 0.25) is 5.02 Å². The first-order valence-electron chi connectivity index (χ1n) is 9.36. The number of rotatable bonds is 8. The maximum atomic E-state index is 12.9. The van der Waals surface area contributed by atoms with Crippen molar-refractivity contribution in [3.05, 3.63) is 53.1 Å². The van der Waals surface area contributed by atoms with Crippen molar-refractivity contribution in [3.63, 3.8) is 0 Å². The van der Waals surface area contributed by atoms with E-state index in [1.807, 2.05) is 20.8 Å². The van der Waals surface area contributed by atoms with Crippen molar-refractivity contribution in [1.29, 1.82) is 0 Å². The van der Waals surface area contributed by atoms with E-state index >= 15 is 0 Å². The van der Waals surface area contributed by atoms with Gasteiger partial charge in [0.1, 0.15) is 11.8 Å². The molecule has 2 aromatic rings. The second kappa shape index (κ2) is 9.50. The summed E-state index contributed by atoms with van der Waals surface area (Å²) in [5.41, 5.74) is 1.73. The van der Waals surface area contributed by atoms with Gasteiger partial charge in [-0.1, -0.05) is 24.6 Å². The molecule has 8 heteroatoms. The van der Waals surface area contributed by atoms with Crippen LogP contribution in [0.25, 0.3) is 0 Å². The van der Waals surface area contributed by atoms with Gasteiger partial charge in [0.25, 0.3) is 0 Å². The van der Waals surface area contributed by atoms with E-state index in [4.69, 9.17) is 16.3 Å². The highest BCUT2D eigenvalue weighted by Gasteiger charge is 2.31. The zero-order chi connectivity index (χ0) is 21.8. The summed E-state index contributed by atoms with van der Waals surface area (Å²) < 4.78 is 31.7. The molecule has 0 bridgehead atoms. The lowest BCUT2D eigenvalue weighted by molar-refractivity contribution is -0.117. The third kappa shape index (κ3) is 6.11. The highest BCUT2D eigenvalue weighted by atomic mass is 35.5. The Labute approximate surface area is 177 Å². The van der Waals surface area contributed by atoms with Crippen LogP contribution in [-0.4, -0.2) is 32.7 Å². The number of sulfonamides is 1. The van der Waals surface area contributed by atoms with Crippen LogP contribution in [0.3, 0.4) is 0 Å². The Morgan fingerprint density at radius 1 is 1.17 bits per heavy atom. The van der Waals surface area contributed by atoms with Crippen LogP contribution in [0, 0.1) is 6.92 Å². The number of carbonyl (C=O) groups excluding carboxylic acids is 1. The van der Waals surface area contributed by atoms with Gasteiger partial charge in [-0.2, -0.15) is 0 Å². The molecular weight excluding hydrogens is 412 g/mol. The summed E-state index contributed by atoms with van der Waals surface area (Å²) in [5, 5.41) is 3.23. The van der Waals surface area contributed by atoms with Crippen molar-refractivity contribution in [2.75, 3.05) is 15.9 Å². The monoisotopic (exact) mass is 438 g/mol. The molecular formula is C21H27ClN2O4S. The summed E-state index contributed by atoms with van der Waals surface area (Å²) in [6.45, 7) is 7.45. The predicted molar refractivity (Wildman–Crippen MR) is 118 cm³/mol. The number of halogens is 1. The van der Waals surface area contributed by atoms with E-state index < -0.39 is 22.0 Å². The Kier molecular flexibility index (Phi) is 7.54. The smallest absolute Gasteiger partial charge is 0.248 e.